The molecule has 0 aromatic heterocycles. The van der Waals surface area contributed by atoms with E-state index in [2.05, 4.69) is 16.2 Å². The number of carbonyl (C=O) groups is 5. The van der Waals surface area contributed by atoms with Crippen LogP contribution in [-0.4, -0.2) is 42.9 Å². The van der Waals surface area contributed by atoms with Gasteiger partial charge < -0.3 is 14.8 Å². The molecule has 3 N–H and O–H groups in total. The van der Waals surface area contributed by atoms with Crippen molar-refractivity contribution in [3.63, 3.8) is 0 Å². The molecule has 36 heavy (non-hydrogen) atoms. The lowest BCUT2D eigenvalue weighted by Gasteiger charge is -2.09. The Bertz CT molecular complexity index is 1090. The molecule has 0 heterocycles. The van der Waals surface area contributed by atoms with Crippen molar-refractivity contribution in [3.05, 3.63) is 64.7 Å². The van der Waals surface area contributed by atoms with Gasteiger partial charge in [-0.1, -0.05) is 37.6 Å². The van der Waals surface area contributed by atoms with Gasteiger partial charge in [0.25, 0.3) is 11.8 Å². The summed E-state index contributed by atoms with van der Waals surface area (Å²) in [4.78, 5) is 59.5. The Balaban J connectivity index is 1.62. The number of hydrogen-bond donors (Lipinski definition) is 3. The van der Waals surface area contributed by atoms with E-state index in [1.807, 2.05) is 13.8 Å². The number of halogens is 1. The Hall–Kier alpha value is -3.92. The van der Waals surface area contributed by atoms with Crippen molar-refractivity contribution >= 4 is 46.9 Å². The smallest absolute Gasteiger partial charge is 0.338 e. The summed E-state index contributed by atoms with van der Waals surface area (Å²) < 4.78 is 9.98. The van der Waals surface area contributed by atoms with Gasteiger partial charge in [0.1, 0.15) is 0 Å². The maximum Gasteiger partial charge on any atom is 0.338 e. The minimum atomic E-state index is -0.738. The van der Waals surface area contributed by atoms with Crippen LogP contribution in [-0.2, 0) is 23.9 Å². The number of amides is 3. The van der Waals surface area contributed by atoms with Gasteiger partial charge >= 0.3 is 11.9 Å². The van der Waals surface area contributed by atoms with Crippen LogP contribution < -0.4 is 16.2 Å². The molecule has 192 valence electrons. The fourth-order valence-corrected chi connectivity index (χ4v) is 2.95. The molecule has 2 aromatic carbocycles. The van der Waals surface area contributed by atoms with Crippen molar-refractivity contribution in [1.82, 2.24) is 10.9 Å². The first-order chi connectivity index (χ1) is 17.2. The Labute approximate surface area is 213 Å². The average molecular weight is 518 g/mol. The fourth-order valence-electron chi connectivity index (χ4n) is 2.73. The molecule has 0 aliphatic heterocycles. The van der Waals surface area contributed by atoms with Crippen LogP contribution in [0.25, 0.3) is 0 Å². The molecule has 0 saturated heterocycles. The molecule has 3 amide bonds. The SMILES string of the molecule is CC(C)COC(=O)c1ccc(NC(=O)CCCC(=O)OCC(=O)NNC(=O)c2ccccc2Cl)cc1. The van der Waals surface area contributed by atoms with Crippen LogP contribution in [0.1, 0.15) is 53.8 Å². The van der Waals surface area contributed by atoms with Gasteiger partial charge in [0.2, 0.25) is 5.91 Å². The summed E-state index contributed by atoms with van der Waals surface area (Å²) in [6.45, 7) is 3.60. The second-order valence-corrected chi connectivity index (χ2v) is 8.52. The molecule has 0 spiro atoms. The van der Waals surface area contributed by atoms with Crippen molar-refractivity contribution in [3.8, 4) is 0 Å². The van der Waals surface area contributed by atoms with Crippen molar-refractivity contribution in [2.45, 2.75) is 33.1 Å². The third-order valence-corrected chi connectivity index (χ3v) is 4.86. The third-order valence-electron chi connectivity index (χ3n) is 4.54. The number of nitrogens with one attached hydrogen (secondary N) is 3. The molecule has 0 bridgehead atoms. The van der Waals surface area contributed by atoms with Crippen LogP contribution in [0.2, 0.25) is 5.02 Å². The second-order valence-electron chi connectivity index (χ2n) is 8.11. The number of benzene rings is 2. The summed E-state index contributed by atoms with van der Waals surface area (Å²) in [7, 11) is 0. The average Bonchev–Trinajstić information content (AvgIpc) is 2.85. The molecule has 0 saturated carbocycles. The molecule has 0 atom stereocenters. The highest BCUT2D eigenvalue weighted by atomic mass is 35.5. The zero-order valence-electron chi connectivity index (χ0n) is 20.0. The standard InChI is InChI=1S/C25H28ClN3O7/c1-16(2)14-36-25(34)17-10-12-18(13-11-17)27-21(30)8-5-9-23(32)35-15-22(31)28-29-24(33)19-6-3-4-7-20(19)26/h3-4,6-7,10-13,16H,5,8-9,14-15H2,1-2H3,(H,27,30)(H,28,31)(H,29,33). The van der Waals surface area contributed by atoms with Gasteiger partial charge in [0, 0.05) is 18.5 Å². The zero-order chi connectivity index (χ0) is 26.5. The molecular formula is C25H28ClN3O7. The Morgan fingerprint density at radius 3 is 2.22 bits per heavy atom. The maximum absolute atomic E-state index is 12.1. The molecule has 2 aromatic rings. The molecule has 0 fully saturated rings. The molecule has 0 unspecified atom stereocenters. The van der Waals surface area contributed by atoms with Gasteiger partial charge in [0.15, 0.2) is 6.61 Å². The number of anilines is 1. The van der Waals surface area contributed by atoms with Crippen LogP contribution in [0.3, 0.4) is 0 Å². The van der Waals surface area contributed by atoms with Gasteiger partial charge in [-0.2, -0.15) is 0 Å². The summed E-state index contributed by atoms with van der Waals surface area (Å²) in [5.41, 5.74) is 5.35. The maximum atomic E-state index is 12.1. The Kier molecular flexibility index (Phi) is 11.4. The molecule has 0 aliphatic carbocycles. The monoisotopic (exact) mass is 517 g/mol. The van der Waals surface area contributed by atoms with Crippen LogP contribution >= 0.6 is 11.6 Å². The summed E-state index contributed by atoms with van der Waals surface area (Å²) in [6, 6.07) is 12.6. The van der Waals surface area contributed by atoms with Crippen LogP contribution in [0.5, 0.6) is 0 Å². The normalized spacial score (nSPS) is 10.3. The number of hydrogen-bond acceptors (Lipinski definition) is 7. The lowest BCUT2D eigenvalue weighted by molar-refractivity contribution is -0.148. The van der Waals surface area contributed by atoms with Crippen molar-refractivity contribution in [1.29, 1.82) is 0 Å². The quantitative estimate of drug-likeness (QED) is 0.307. The highest BCUT2D eigenvalue weighted by molar-refractivity contribution is 6.33. The first kappa shape index (κ1) is 28.3. The number of carbonyl (C=O) groups excluding carboxylic acids is 5. The van der Waals surface area contributed by atoms with Gasteiger partial charge in [-0.25, -0.2) is 4.79 Å². The van der Waals surface area contributed by atoms with Crippen molar-refractivity contribution in [2.75, 3.05) is 18.5 Å². The van der Waals surface area contributed by atoms with Gasteiger partial charge in [-0.3, -0.25) is 30.0 Å². The van der Waals surface area contributed by atoms with E-state index in [1.165, 1.54) is 12.1 Å². The zero-order valence-corrected chi connectivity index (χ0v) is 20.7. The summed E-state index contributed by atoms with van der Waals surface area (Å²) in [6.07, 6.45) is 0.176. The lowest BCUT2D eigenvalue weighted by Crippen LogP contribution is -2.43. The lowest BCUT2D eigenvalue weighted by atomic mass is 10.2. The predicted molar refractivity (Wildman–Crippen MR) is 132 cm³/mol. The molecule has 0 aliphatic rings. The second kappa shape index (κ2) is 14.5. The Morgan fingerprint density at radius 2 is 1.56 bits per heavy atom. The molecule has 2 rings (SSSR count). The molecular weight excluding hydrogens is 490 g/mol. The van der Waals surface area contributed by atoms with E-state index >= 15 is 0 Å². The highest BCUT2D eigenvalue weighted by Crippen LogP contribution is 2.14. The summed E-state index contributed by atoms with van der Waals surface area (Å²) >= 11 is 5.90. The van der Waals surface area contributed by atoms with E-state index in [9.17, 15) is 24.0 Å². The number of hydrazine groups is 1. The summed E-state index contributed by atoms with van der Waals surface area (Å²) in [5.74, 6) is -2.55. The largest absolute Gasteiger partial charge is 0.462 e. The Morgan fingerprint density at radius 1 is 0.861 bits per heavy atom. The first-order valence-corrected chi connectivity index (χ1v) is 11.6. The first-order valence-electron chi connectivity index (χ1n) is 11.2. The minimum Gasteiger partial charge on any atom is -0.462 e. The van der Waals surface area contributed by atoms with E-state index in [0.717, 1.165) is 0 Å². The molecule has 10 nitrogen and oxygen atoms in total. The third kappa shape index (κ3) is 10.1. The van der Waals surface area contributed by atoms with Crippen LogP contribution in [0.15, 0.2) is 48.5 Å². The van der Waals surface area contributed by atoms with Crippen molar-refractivity contribution in [2.24, 2.45) is 5.92 Å². The number of rotatable bonds is 11. The van der Waals surface area contributed by atoms with E-state index in [0.29, 0.717) is 17.9 Å². The number of esters is 2. The van der Waals surface area contributed by atoms with Crippen LogP contribution in [0, 0.1) is 5.92 Å². The molecule has 11 heteroatoms. The number of ether oxygens (including phenoxy) is 2. The topological polar surface area (TPSA) is 140 Å². The van der Waals surface area contributed by atoms with E-state index < -0.39 is 30.4 Å². The van der Waals surface area contributed by atoms with Gasteiger partial charge in [-0.05, 0) is 48.7 Å². The van der Waals surface area contributed by atoms with Crippen LogP contribution in [0.4, 0.5) is 5.69 Å². The highest BCUT2D eigenvalue weighted by Gasteiger charge is 2.13. The van der Waals surface area contributed by atoms with Gasteiger partial charge in [0.05, 0.1) is 22.8 Å². The van der Waals surface area contributed by atoms with Crippen molar-refractivity contribution < 1.29 is 33.4 Å². The summed E-state index contributed by atoms with van der Waals surface area (Å²) in [5, 5.41) is 2.89. The van der Waals surface area contributed by atoms with E-state index in [-0.39, 0.29) is 41.7 Å². The molecule has 0 radical (unpaired) electrons. The minimum absolute atomic E-state index is 0.0490. The van der Waals surface area contributed by atoms with E-state index in [4.69, 9.17) is 21.1 Å². The predicted octanol–water partition coefficient (Wildman–Crippen LogP) is 3.27. The van der Waals surface area contributed by atoms with Gasteiger partial charge in [-0.15, -0.1) is 0 Å². The van der Waals surface area contributed by atoms with E-state index in [1.54, 1.807) is 36.4 Å². The fraction of sp³-hybridized carbons (Fsp3) is 0.320.